The van der Waals surface area contributed by atoms with Crippen molar-refractivity contribution in [2.24, 2.45) is 0 Å². The molecule has 1 aromatic rings. The third kappa shape index (κ3) is 10.5. The number of aryl methyl sites for hydroxylation is 1. The van der Waals surface area contributed by atoms with Crippen molar-refractivity contribution in [1.82, 2.24) is 20.2 Å². The number of carbonyl (C=O) groups excluding carboxylic acids is 2. The van der Waals surface area contributed by atoms with Gasteiger partial charge in [0, 0.05) is 25.8 Å². The third-order valence-electron chi connectivity index (χ3n) is 4.21. The highest BCUT2D eigenvalue weighted by atomic mass is 16.5. The summed E-state index contributed by atoms with van der Waals surface area (Å²) in [5.74, 6) is 0.251. The van der Waals surface area contributed by atoms with Crippen molar-refractivity contribution in [2.75, 3.05) is 25.5 Å². The first-order valence-electron chi connectivity index (χ1n) is 10.0. The summed E-state index contributed by atoms with van der Waals surface area (Å²) in [6.07, 6.45) is 9.17. The fraction of sp³-hybridized carbons (Fsp3) is 0.684. The maximum absolute atomic E-state index is 12.0. The van der Waals surface area contributed by atoms with Crippen LogP contribution in [0.15, 0.2) is 17.1 Å². The topological polar surface area (TPSA) is 114 Å². The van der Waals surface area contributed by atoms with Crippen molar-refractivity contribution in [3.63, 3.8) is 0 Å². The van der Waals surface area contributed by atoms with Crippen LogP contribution in [0.3, 0.4) is 0 Å². The lowest BCUT2D eigenvalue weighted by Crippen LogP contribution is -2.31. The average molecular weight is 396 g/mol. The van der Waals surface area contributed by atoms with Crippen LogP contribution in [0.2, 0.25) is 0 Å². The Morgan fingerprint density at radius 1 is 1.04 bits per heavy atom. The van der Waals surface area contributed by atoms with Gasteiger partial charge in [-0.25, -0.2) is 14.4 Å². The number of rotatable bonds is 13. The van der Waals surface area contributed by atoms with E-state index in [4.69, 9.17) is 0 Å². The van der Waals surface area contributed by atoms with E-state index in [9.17, 15) is 14.4 Å². The Kier molecular flexibility index (Phi) is 12.1. The van der Waals surface area contributed by atoms with Crippen LogP contribution in [0.1, 0.15) is 58.3 Å². The quantitative estimate of drug-likeness (QED) is 0.444. The van der Waals surface area contributed by atoms with E-state index in [0.717, 1.165) is 51.4 Å². The Morgan fingerprint density at radius 3 is 2.36 bits per heavy atom. The second kappa shape index (κ2) is 14.5. The maximum atomic E-state index is 12.0. The first kappa shape index (κ1) is 23.5. The lowest BCUT2D eigenvalue weighted by atomic mass is 10.2. The summed E-state index contributed by atoms with van der Waals surface area (Å²) in [5.41, 5.74) is -0.352. The smallest absolute Gasteiger partial charge is 0.406 e. The summed E-state index contributed by atoms with van der Waals surface area (Å²) in [4.78, 5) is 38.6. The zero-order valence-electron chi connectivity index (χ0n) is 17.0. The molecule has 3 N–H and O–H groups in total. The predicted octanol–water partition coefficient (Wildman–Crippen LogP) is 2.86. The Morgan fingerprint density at radius 2 is 1.71 bits per heavy atom. The molecule has 0 unspecified atom stereocenters. The van der Waals surface area contributed by atoms with Gasteiger partial charge in [0.15, 0.2) is 0 Å². The zero-order chi connectivity index (χ0) is 20.6. The number of nitrogens with one attached hydrogen (secondary N) is 3. The standard InChI is InChI=1S/C19H33N5O4/c1-3-4-5-10-14-24-15-11-16(23-18(24)26)22-17(25)20-12-8-6-7-9-13-21-19(27)28-2/h11,15H,3-10,12-14H2,1-2H3,(H,21,27)(H2,20,22,23,25,26). The molecule has 0 saturated heterocycles. The fourth-order valence-electron chi connectivity index (χ4n) is 2.61. The van der Waals surface area contributed by atoms with E-state index in [1.54, 1.807) is 16.8 Å². The number of carbonyl (C=O) groups is 2. The Hall–Kier alpha value is -2.58. The van der Waals surface area contributed by atoms with Gasteiger partial charge < -0.3 is 15.4 Å². The number of alkyl carbamates (subject to hydrolysis) is 1. The van der Waals surface area contributed by atoms with E-state index in [-0.39, 0.29) is 17.5 Å². The monoisotopic (exact) mass is 395 g/mol. The Bertz CT molecular complexity index is 647. The zero-order valence-corrected chi connectivity index (χ0v) is 17.0. The normalized spacial score (nSPS) is 10.4. The van der Waals surface area contributed by atoms with E-state index in [0.29, 0.717) is 19.6 Å². The maximum Gasteiger partial charge on any atom is 0.406 e. The van der Waals surface area contributed by atoms with Gasteiger partial charge in [-0.2, -0.15) is 4.98 Å². The number of ether oxygens (including phenoxy) is 1. The van der Waals surface area contributed by atoms with Crippen molar-refractivity contribution in [3.05, 3.63) is 22.7 Å². The molecule has 0 aliphatic rings. The van der Waals surface area contributed by atoms with Crippen LogP contribution in [-0.4, -0.2) is 41.9 Å². The fourth-order valence-corrected chi connectivity index (χ4v) is 2.61. The SMILES string of the molecule is CCCCCCn1ccc(NC(=O)NCCCCCCNC(=O)OC)nc1=O. The highest BCUT2D eigenvalue weighted by molar-refractivity contribution is 5.87. The number of anilines is 1. The minimum absolute atomic E-state index is 0.251. The van der Waals surface area contributed by atoms with Gasteiger partial charge in [-0.3, -0.25) is 9.88 Å². The molecular weight excluding hydrogens is 362 g/mol. The molecule has 1 rings (SSSR count). The molecule has 3 amide bonds. The number of hydrogen-bond acceptors (Lipinski definition) is 5. The number of amides is 3. The van der Waals surface area contributed by atoms with Crippen LogP contribution in [0, 0.1) is 0 Å². The molecule has 0 spiro atoms. The van der Waals surface area contributed by atoms with Crippen molar-refractivity contribution in [1.29, 1.82) is 0 Å². The van der Waals surface area contributed by atoms with Crippen LogP contribution in [0.25, 0.3) is 0 Å². The van der Waals surface area contributed by atoms with Crippen LogP contribution in [-0.2, 0) is 11.3 Å². The number of nitrogens with zero attached hydrogens (tertiary/aromatic N) is 2. The van der Waals surface area contributed by atoms with Gasteiger partial charge in [-0.05, 0) is 25.3 Å². The second-order valence-corrected chi connectivity index (χ2v) is 6.56. The molecule has 9 heteroatoms. The molecular formula is C19H33N5O4. The molecule has 1 heterocycles. The lowest BCUT2D eigenvalue weighted by Gasteiger charge is -2.09. The number of aromatic nitrogens is 2. The Labute approximate surface area is 166 Å². The van der Waals surface area contributed by atoms with Crippen LogP contribution < -0.4 is 21.6 Å². The van der Waals surface area contributed by atoms with Crippen molar-refractivity contribution < 1.29 is 14.3 Å². The van der Waals surface area contributed by atoms with Gasteiger partial charge in [-0.15, -0.1) is 0 Å². The molecule has 0 bridgehead atoms. The molecule has 0 saturated carbocycles. The summed E-state index contributed by atoms with van der Waals surface area (Å²) in [7, 11) is 1.33. The van der Waals surface area contributed by atoms with Gasteiger partial charge >= 0.3 is 17.8 Å². The number of hydrogen-bond donors (Lipinski definition) is 3. The second-order valence-electron chi connectivity index (χ2n) is 6.56. The molecule has 1 aromatic heterocycles. The van der Waals surface area contributed by atoms with E-state index in [1.807, 2.05) is 0 Å². The third-order valence-corrected chi connectivity index (χ3v) is 4.21. The van der Waals surface area contributed by atoms with Crippen molar-refractivity contribution >= 4 is 17.9 Å². The summed E-state index contributed by atoms with van der Waals surface area (Å²) >= 11 is 0. The van der Waals surface area contributed by atoms with Gasteiger partial charge in [0.05, 0.1) is 7.11 Å². The van der Waals surface area contributed by atoms with E-state index < -0.39 is 6.09 Å². The van der Waals surface area contributed by atoms with E-state index >= 15 is 0 Å². The number of urea groups is 1. The van der Waals surface area contributed by atoms with Crippen LogP contribution in [0.5, 0.6) is 0 Å². The summed E-state index contributed by atoms with van der Waals surface area (Å²) < 4.78 is 6.04. The van der Waals surface area contributed by atoms with Crippen LogP contribution >= 0.6 is 0 Å². The minimum Gasteiger partial charge on any atom is -0.453 e. The molecule has 0 aliphatic carbocycles. The Balaban J connectivity index is 2.17. The van der Waals surface area contributed by atoms with Gasteiger partial charge in [0.25, 0.3) is 0 Å². The van der Waals surface area contributed by atoms with Gasteiger partial charge in [0.2, 0.25) is 0 Å². The molecule has 0 radical (unpaired) electrons. The molecule has 0 fully saturated rings. The minimum atomic E-state index is -0.420. The average Bonchev–Trinajstić information content (AvgIpc) is 2.68. The molecule has 158 valence electrons. The molecule has 28 heavy (non-hydrogen) atoms. The van der Waals surface area contributed by atoms with Crippen molar-refractivity contribution in [3.8, 4) is 0 Å². The summed E-state index contributed by atoms with van der Waals surface area (Å²) in [6.45, 7) is 3.90. The summed E-state index contributed by atoms with van der Waals surface area (Å²) in [5, 5.41) is 7.94. The first-order chi connectivity index (χ1) is 13.6. The first-order valence-corrected chi connectivity index (χ1v) is 10.0. The largest absolute Gasteiger partial charge is 0.453 e. The number of unbranched alkanes of at least 4 members (excludes halogenated alkanes) is 6. The highest BCUT2D eigenvalue weighted by Crippen LogP contribution is 2.02. The molecule has 9 nitrogen and oxygen atoms in total. The lowest BCUT2D eigenvalue weighted by molar-refractivity contribution is 0.171. The summed E-state index contributed by atoms with van der Waals surface area (Å²) in [6, 6.07) is 1.26. The van der Waals surface area contributed by atoms with Crippen molar-refractivity contribution in [2.45, 2.75) is 64.8 Å². The van der Waals surface area contributed by atoms with Gasteiger partial charge in [0.1, 0.15) is 5.82 Å². The van der Waals surface area contributed by atoms with Crippen LogP contribution in [0.4, 0.5) is 15.4 Å². The molecule has 0 aliphatic heterocycles. The highest BCUT2D eigenvalue weighted by Gasteiger charge is 2.05. The number of methoxy groups -OCH3 is 1. The molecule has 0 atom stereocenters. The van der Waals surface area contributed by atoms with Gasteiger partial charge in [-0.1, -0.05) is 39.0 Å². The molecule has 0 aromatic carbocycles. The van der Waals surface area contributed by atoms with E-state index in [2.05, 4.69) is 32.6 Å². The van der Waals surface area contributed by atoms with E-state index in [1.165, 1.54) is 7.11 Å². The predicted molar refractivity (Wildman–Crippen MR) is 109 cm³/mol.